The average Bonchev–Trinajstić information content (AvgIpc) is 2.38. The van der Waals surface area contributed by atoms with Gasteiger partial charge in [0.1, 0.15) is 0 Å². The van der Waals surface area contributed by atoms with E-state index < -0.39 is 0 Å². The molecule has 0 spiro atoms. The molecule has 0 saturated carbocycles. The van der Waals surface area contributed by atoms with Crippen LogP contribution in [0.1, 0.15) is 11.1 Å². The Morgan fingerprint density at radius 1 is 1.00 bits per heavy atom. The maximum Gasteiger partial charge on any atom is 0.323 e. The number of rotatable bonds is 2. The SMILES string of the molecule is Cc1cc(Cl)ccc1NC(=O)Nc1cccc(Cl)c1C. The Hall–Kier alpha value is -1.71. The van der Waals surface area contributed by atoms with Gasteiger partial charge < -0.3 is 10.6 Å². The molecule has 0 aliphatic carbocycles. The molecule has 0 aliphatic heterocycles. The van der Waals surface area contributed by atoms with Gasteiger partial charge in [-0.15, -0.1) is 0 Å². The number of carbonyl (C=O) groups is 1. The summed E-state index contributed by atoms with van der Waals surface area (Å²) in [4.78, 5) is 12.0. The van der Waals surface area contributed by atoms with Crippen LogP contribution in [0, 0.1) is 13.8 Å². The fourth-order valence-electron chi connectivity index (χ4n) is 1.79. The molecule has 5 heteroatoms. The first kappa shape index (κ1) is 14.7. The van der Waals surface area contributed by atoms with Gasteiger partial charge in [-0.05, 0) is 55.3 Å². The molecule has 104 valence electrons. The first-order valence-corrected chi connectivity index (χ1v) is 6.82. The molecule has 3 nitrogen and oxygen atoms in total. The summed E-state index contributed by atoms with van der Waals surface area (Å²) in [5.41, 5.74) is 3.13. The summed E-state index contributed by atoms with van der Waals surface area (Å²) in [6.07, 6.45) is 0. The van der Waals surface area contributed by atoms with Crippen LogP contribution in [-0.2, 0) is 0 Å². The number of halogens is 2. The first-order valence-electron chi connectivity index (χ1n) is 6.06. The predicted molar refractivity (Wildman–Crippen MR) is 85.0 cm³/mol. The maximum absolute atomic E-state index is 12.0. The second-order valence-corrected chi connectivity index (χ2v) is 5.29. The lowest BCUT2D eigenvalue weighted by Gasteiger charge is -2.12. The molecule has 2 aromatic rings. The highest BCUT2D eigenvalue weighted by Crippen LogP contribution is 2.24. The van der Waals surface area contributed by atoms with Crippen molar-refractivity contribution < 1.29 is 4.79 Å². The van der Waals surface area contributed by atoms with Crippen LogP contribution in [0.3, 0.4) is 0 Å². The Morgan fingerprint density at radius 2 is 1.70 bits per heavy atom. The lowest BCUT2D eigenvalue weighted by molar-refractivity contribution is 0.262. The molecule has 0 aromatic heterocycles. The van der Waals surface area contributed by atoms with Gasteiger partial charge in [-0.1, -0.05) is 29.3 Å². The van der Waals surface area contributed by atoms with Crippen LogP contribution in [0.4, 0.5) is 16.2 Å². The Balaban J connectivity index is 2.11. The highest BCUT2D eigenvalue weighted by molar-refractivity contribution is 6.32. The fraction of sp³-hybridized carbons (Fsp3) is 0.133. The van der Waals surface area contributed by atoms with Crippen LogP contribution in [-0.4, -0.2) is 6.03 Å². The van der Waals surface area contributed by atoms with Gasteiger partial charge in [-0.25, -0.2) is 4.79 Å². The van der Waals surface area contributed by atoms with Crippen molar-refractivity contribution >= 4 is 40.6 Å². The van der Waals surface area contributed by atoms with Crippen molar-refractivity contribution in [1.82, 2.24) is 0 Å². The quantitative estimate of drug-likeness (QED) is 0.781. The molecule has 2 rings (SSSR count). The zero-order valence-corrected chi connectivity index (χ0v) is 12.6. The minimum Gasteiger partial charge on any atom is -0.307 e. The summed E-state index contributed by atoms with van der Waals surface area (Å²) < 4.78 is 0. The van der Waals surface area contributed by atoms with Crippen molar-refractivity contribution in [2.45, 2.75) is 13.8 Å². The van der Waals surface area contributed by atoms with Gasteiger partial charge in [0.2, 0.25) is 0 Å². The van der Waals surface area contributed by atoms with Gasteiger partial charge in [0.25, 0.3) is 0 Å². The zero-order valence-electron chi connectivity index (χ0n) is 11.1. The summed E-state index contributed by atoms with van der Waals surface area (Å²) in [6.45, 7) is 3.73. The third kappa shape index (κ3) is 3.44. The molecule has 0 bridgehead atoms. The lowest BCUT2D eigenvalue weighted by atomic mass is 10.2. The Morgan fingerprint density at radius 3 is 2.40 bits per heavy atom. The number of amides is 2. The molecule has 0 aliphatic rings. The molecule has 2 aromatic carbocycles. The van der Waals surface area contributed by atoms with Crippen LogP contribution in [0.2, 0.25) is 10.0 Å². The molecule has 0 saturated heterocycles. The maximum atomic E-state index is 12.0. The predicted octanol–water partition coefficient (Wildman–Crippen LogP) is 5.25. The summed E-state index contributed by atoms with van der Waals surface area (Å²) >= 11 is 11.9. The van der Waals surface area contributed by atoms with Crippen LogP contribution < -0.4 is 10.6 Å². The minimum absolute atomic E-state index is 0.319. The van der Waals surface area contributed by atoms with Crippen molar-refractivity contribution in [3.63, 3.8) is 0 Å². The molecule has 0 unspecified atom stereocenters. The Bertz CT molecular complexity index is 656. The van der Waals surface area contributed by atoms with Crippen LogP contribution in [0.25, 0.3) is 0 Å². The number of nitrogens with one attached hydrogen (secondary N) is 2. The van der Waals surface area contributed by atoms with E-state index >= 15 is 0 Å². The normalized spacial score (nSPS) is 10.2. The number of benzene rings is 2. The first-order chi connectivity index (χ1) is 9.47. The second kappa shape index (κ2) is 6.16. The molecular formula is C15H14Cl2N2O. The molecule has 20 heavy (non-hydrogen) atoms. The summed E-state index contributed by atoms with van der Waals surface area (Å²) in [5.74, 6) is 0. The van der Waals surface area contributed by atoms with Crippen molar-refractivity contribution in [3.05, 3.63) is 57.6 Å². The van der Waals surface area contributed by atoms with Crippen molar-refractivity contribution in [3.8, 4) is 0 Å². The minimum atomic E-state index is -0.319. The van der Waals surface area contributed by atoms with Gasteiger partial charge in [0.15, 0.2) is 0 Å². The van der Waals surface area contributed by atoms with E-state index in [1.807, 2.05) is 13.8 Å². The fourth-order valence-corrected chi connectivity index (χ4v) is 2.19. The van der Waals surface area contributed by atoms with Crippen LogP contribution in [0.15, 0.2) is 36.4 Å². The topological polar surface area (TPSA) is 41.1 Å². The third-order valence-electron chi connectivity index (χ3n) is 2.95. The van der Waals surface area contributed by atoms with Crippen molar-refractivity contribution in [2.24, 2.45) is 0 Å². The Labute approximate surface area is 127 Å². The molecule has 0 fully saturated rings. The van der Waals surface area contributed by atoms with E-state index in [0.717, 1.165) is 11.1 Å². The average molecular weight is 309 g/mol. The van der Waals surface area contributed by atoms with Crippen molar-refractivity contribution in [1.29, 1.82) is 0 Å². The highest BCUT2D eigenvalue weighted by atomic mass is 35.5. The lowest BCUT2D eigenvalue weighted by Crippen LogP contribution is -2.20. The zero-order chi connectivity index (χ0) is 14.7. The van der Waals surface area contributed by atoms with Gasteiger partial charge in [-0.2, -0.15) is 0 Å². The highest BCUT2D eigenvalue weighted by Gasteiger charge is 2.08. The molecule has 0 atom stereocenters. The van der Waals surface area contributed by atoms with Gasteiger partial charge in [0, 0.05) is 21.4 Å². The van der Waals surface area contributed by atoms with E-state index in [1.54, 1.807) is 36.4 Å². The Kier molecular flexibility index (Phi) is 4.53. The number of anilines is 2. The summed E-state index contributed by atoms with van der Waals surface area (Å²) in [7, 11) is 0. The summed E-state index contributed by atoms with van der Waals surface area (Å²) in [6, 6.07) is 10.3. The molecule has 2 amide bonds. The second-order valence-electron chi connectivity index (χ2n) is 4.45. The standard InChI is InChI=1S/C15H14Cl2N2O/c1-9-8-11(16)6-7-13(9)18-15(20)19-14-5-3-4-12(17)10(14)2/h3-8H,1-2H3,(H2,18,19,20). The number of hydrogen-bond acceptors (Lipinski definition) is 1. The van der Waals surface area contributed by atoms with E-state index in [2.05, 4.69) is 10.6 Å². The number of urea groups is 1. The van der Waals surface area contributed by atoms with Crippen LogP contribution in [0.5, 0.6) is 0 Å². The number of aryl methyl sites for hydroxylation is 1. The van der Waals surface area contributed by atoms with E-state index in [-0.39, 0.29) is 6.03 Å². The molecule has 0 heterocycles. The smallest absolute Gasteiger partial charge is 0.307 e. The van der Waals surface area contributed by atoms with Crippen LogP contribution >= 0.6 is 23.2 Å². The number of hydrogen-bond donors (Lipinski definition) is 2. The van der Waals surface area contributed by atoms with E-state index in [1.165, 1.54) is 0 Å². The third-order valence-corrected chi connectivity index (χ3v) is 3.60. The number of carbonyl (C=O) groups excluding carboxylic acids is 1. The molecule has 2 N–H and O–H groups in total. The van der Waals surface area contributed by atoms with Gasteiger partial charge in [0.05, 0.1) is 0 Å². The summed E-state index contributed by atoms with van der Waals surface area (Å²) in [5, 5.41) is 6.81. The molecular weight excluding hydrogens is 295 g/mol. The van der Waals surface area contributed by atoms with Gasteiger partial charge >= 0.3 is 6.03 Å². The van der Waals surface area contributed by atoms with Gasteiger partial charge in [-0.3, -0.25) is 0 Å². The van der Waals surface area contributed by atoms with E-state index in [9.17, 15) is 4.79 Å². The van der Waals surface area contributed by atoms with Crippen molar-refractivity contribution in [2.75, 3.05) is 10.6 Å². The van der Waals surface area contributed by atoms with E-state index in [0.29, 0.717) is 21.4 Å². The largest absolute Gasteiger partial charge is 0.323 e. The monoisotopic (exact) mass is 308 g/mol. The van der Waals surface area contributed by atoms with E-state index in [4.69, 9.17) is 23.2 Å². The molecule has 0 radical (unpaired) electrons.